The fourth-order valence-electron chi connectivity index (χ4n) is 3.50. The molecule has 3 aromatic carbocycles. The molecule has 0 amide bonds. The van der Waals surface area contributed by atoms with Gasteiger partial charge >= 0.3 is 5.69 Å². The fraction of sp³-hybridized carbons (Fsp3) is 0.0476. The predicted octanol–water partition coefficient (Wildman–Crippen LogP) is 4.61. The lowest BCUT2D eigenvalue weighted by Crippen LogP contribution is -2.28. The first kappa shape index (κ1) is 15.3. The molecule has 0 aliphatic rings. The van der Waals surface area contributed by atoms with Crippen molar-refractivity contribution in [2.24, 2.45) is 0 Å². The maximum atomic E-state index is 13.3. The van der Waals surface area contributed by atoms with E-state index in [0.29, 0.717) is 6.54 Å². The van der Waals surface area contributed by atoms with Gasteiger partial charge in [-0.05, 0) is 29.8 Å². The standard InChI is InChI=1S/C21H14BrN3O/c22-15-10-11-17-19(12-15)24(13-14-6-2-1-3-7-14)21(26)25-20(17)16-8-4-5-9-18(16)23-25/h1-12H,13H2. The number of halogens is 1. The van der Waals surface area contributed by atoms with Crippen LogP contribution in [-0.4, -0.2) is 14.2 Å². The van der Waals surface area contributed by atoms with Crippen molar-refractivity contribution in [3.05, 3.63) is 93.3 Å². The van der Waals surface area contributed by atoms with Crippen LogP contribution >= 0.6 is 15.9 Å². The lowest BCUT2D eigenvalue weighted by molar-refractivity contribution is 0.719. The van der Waals surface area contributed by atoms with Crippen LogP contribution in [0.3, 0.4) is 0 Å². The summed E-state index contributed by atoms with van der Waals surface area (Å²) in [6, 6.07) is 23.9. The van der Waals surface area contributed by atoms with Crippen LogP contribution in [0, 0.1) is 0 Å². The Kier molecular flexibility index (Phi) is 3.43. The number of aromatic nitrogens is 3. The monoisotopic (exact) mass is 403 g/mol. The summed E-state index contributed by atoms with van der Waals surface area (Å²) in [5.41, 5.74) is 3.52. The van der Waals surface area contributed by atoms with Crippen molar-refractivity contribution < 1.29 is 0 Å². The quantitative estimate of drug-likeness (QED) is 0.431. The Morgan fingerprint density at radius 1 is 0.885 bits per heavy atom. The van der Waals surface area contributed by atoms with Crippen molar-refractivity contribution in [3.63, 3.8) is 0 Å². The van der Waals surface area contributed by atoms with Gasteiger partial charge in [-0.25, -0.2) is 4.79 Å². The van der Waals surface area contributed by atoms with Crippen LogP contribution in [0.2, 0.25) is 0 Å². The first-order valence-electron chi connectivity index (χ1n) is 8.36. The zero-order valence-electron chi connectivity index (χ0n) is 13.8. The van der Waals surface area contributed by atoms with Gasteiger partial charge < -0.3 is 0 Å². The lowest BCUT2D eigenvalue weighted by Gasteiger charge is -2.12. The van der Waals surface area contributed by atoms with E-state index in [9.17, 15) is 4.79 Å². The van der Waals surface area contributed by atoms with E-state index in [0.717, 1.165) is 37.4 Å². The summed E-state index contributed by atoms with van der Waals surface area (Å²) in [5.74, 6) is 0. The molecule has 0 aliphatic heterocycles. The summed E-state index contributed by atoms with van der Waals surface area (Å²) in [6.07, 6.45) is 0. The number of benzene rings is 3. The van der Waals surface area contributed by atoms with E-state index in [1.807, 2.05) is 72.8 Å². The first-order chi connectivity index (χ1) is 12.7. The molecule has 0 aliphatic carbocycles. The number of nitrogens with zero attached hydrogens (tertiary/aromatic N) is 3. The van der Waals surface area contributed by atoms with Gasteiger partial charge in [-0.3, -0.25) is 4.57 Å². The van der Waals surface area contributed by atoms with Crippen molar-refractivity contribution >= 4 is 43.3 Å². The molecule has 126 valence electrons. The predicted molar refractivity (Wildman–Crippen MR) is 108 cm³/mol. The number of fused-ring (bicyclic) bond motifs is 5. The van der Waals surface area contributed by atoms with Gasteiger partial charge in [0.2, 0.25) is 0 Å². The maximum absolute atomic E-state index is 13.3. The van der Waals surface area contributed by atoms with E-state index in [1.54, 1.807) is 4.57 Å². The summed E-state index contributed by atoms with van der Waals surface area (Å²) in [4.78, 5) is 13.3. The van der Waals surface area contributed by atoms with Gasteiger partial charge in [0.15, 0.2) is 0 Å². The van der Waals surface area contributed by atoms with Crippen LogP contribution in [0.25, 0.3) is 27.3 Å². The first-order valence-corrected chi connectivity index (χ1v) is 9.15. The third-order valence-corrected chi connectivity index (χ3v) is 5.17. The molecule has 5 aromatic rings. The molecule has 0 radical (unpaired) electrons. The third-order valence-electron chi connectivity index (χ3n) is 4.68. The average Bonchev–Trinajstić information content (AvgIpc) is 3.06. The number of rotatable bonds is 2. The zero-order chi connectivity index (χ0) is 17.7. The number of hydrogen-bond acceptors (Lipinski definition) is 2. The van der Waals surface area contributed by atoms with Gasteiger partial charge in [0.05, 0.1) is 23.1 Å². The smallest absolute Gasteiger partial charge is 0.287 e. The largest absolute Gasteiger partial charge is 0.350 e. The Morgan fingerprint density at radius 2 is 1.65 bits per heavy atom. The highest BCUT2D eigenvalue weighted by molar-refractivity contribution is 9.10. The zero-order valence-corrected chi connectivity index (χ0v) is 15.3. The Balaban J connectivity index is 1.94. The molecule has 0 atom stereocenters. The van der Waals surface area contributed by atoms with E-state index in [-0.39, 0.29) is 5.69 Å². The molecule has 0 spiro atoms. The molecule has 2 aromatic heterocycles. The van der Waals surface area contributed by atoms with Crippen molar-refractivity contribution in [2.75, 3.05) is 0 Å². The van der Waals surface area contributed by atoms with Gasteiger partial charge in [-0.1, -0.05) is 64.5 Å². The maximum Gasteiger partial charge on any atom is 0.350 e. The molecule has 2 heterocycles. The molecule has 0 saturated heterocycles. The van der Waals surface area contributed by atoms with Crippen molar-refractivity contribution in [1.29, 1.82) is 0 Å². The second kappa shape index (κ2) is 5.81. The van der Waals surface area contributed by atoms with Crippen molar-refractivity contribution in [1.82, 2.24) is 14.2 Å². The molecule has 0 saturated carbocycles. The second-order valence-corrected chi connectivity index (χ2v) is 7.21. The SMILES string of the molecule is O=c1n(Cc2ccccc2)c2cc(Br)ccc2c2c3ccccc3nn12. The Bertz CT molecular complexity index is 1340. The average molecular weight is 404 g/mol. The molecule has 4 nitrogen and oxygen atoms in total. The summed E-state index contributed by atoms with van der Waals surface area (Å²) in [6.45, 7) is 0.499. The Morgan fingerprint density at radius 3 is 2.50 bits per heavy atom. The van der Waals surface area contributed by atoms with Gasteiger partial charge in [-0.2, -0.15) is 9.61 Å². The molecule has 5 rings (SSSR count). The molecule has 5 heteroatoms. The van der Waals surface area contributed by atoms with Crippen molar-refractivity contribution in [3.8, 4) is 0 Å². The molecular weight excluding hydrogens is 390 g/mol. The van der Waals surface area contributed by atoms with Crippen LogP contribution in [0.4, 0.5) is 0 Å². The van der Waals surface area contributed by atoms with Crippen LogP contribution in [0.15, 0.2) is 82.1 Å². The lowest BCUT2D eigenvalue weighted by atomic mass is 10.1. The Hall–Kier alpha value is -2.92. The molecular formula is C21H14BrN3O. The van der Waals surface area contributed by atoms with Crippen LogP contribution in [0.5, 0.6) is 0 Å². The highest BCUT2D eigenvalue weighted by Gasteiger charge is 2.15. The van der Waals surface area contributed by atoms with Crippen LogP contribution in [0.1, 0.15) is 5.56 Å². The summed E-state index contributed by atoms with van der Waals surface area (Å²) in [5, 5.41) is 6.56. The topological polar surface area (TPSA) is 39.3 Å². The normalized spacial score (nSPS) is 11.6. The minimum Gasteiger partial charge on any atom is -0.287 e. The Labute approximate surface area is 157 Å². The van der Waals surface area contributed by atoms with Gasteiger partial charge in [-0.15, -0.1) is 0 Å². The highest BCUT2D eigenvalue weighted by Crippen LogP contribution is 2.28. The van der Waals surface area contributed by atoms with E-state index >= 15 is 0 Å². The van der Waals surface area contributed by atoms with E-state index < -0.39 is 0 Å². The molecule has 26 heavy (non-hydrogen) atoms. The highest BCUT2D eigenvalue weighted by atomic mass is 79.9. The van der Waals surface area contributed by atoms with Crippen molar-refractivity contribution in [2.45, 2.75) is 6.54 Å². The van der Waals surface area contributed by atoms with E-state index in [2.05, 4.69) is 21.0 Å². The molecule has 0 bridgehead atoms. The van der Waals surface area contributed by atoms with Crippen LogP contribution < -0.4 is 5.69 Å². The second-order valence-electron chi connectivity index (χ2n) is 6.29. The molecule has 0 N–H and O–H groups in total. The van der Waals surface area contributed by atoms with Gasteiger partial charge in [0.25, 0.3) is 0 Å². The van der Waals surface area contributed by atoms with Gasteiger partial charge in [0, 0.05) is 15.2 Å². The van der Waals surface area contributed by atoms with E-state index in [4.69, 9.17) is 0 Å². The minimum absolute atomic E-state index is 0.134. The van der Waals surface area contributed by atoms with E-state index in [1.165, 1.54) is 4.52 Å². The number of hydrogen-bond donors (Lipinski definition) is 0. The van der Waals surface area contributed by atoms with Gasteiger partial charge in [0.1, 0.15) is 0 Å². The summed E-state index contributed by atoms with van der Waals surface area (Å²) in [7, 11) is 0. The fourth-order valence-corrected chi connectivity index (χ4v) is 3.84. The van der Waals surface area contributed by atoms with Crippen LogP contribution in [-0.2, 0) is 6.54 Å². The molecule has 0 fully saturated rings. The summed E-state index contributed by atoms with van der Waals surface area (Å²) >= 11 is 3.54. The third kappa shape index (κ3) is 2.28. The minimum atomic E-state index is -0.134. The summed E-state index contributed by atoms with van der Waals surface area (Å²) < 4.78 is 4.26. The molecule has 0 unspecified atom stereocenters.